The van der Waals surface area contributed by atoms with Crippen LogP contribution in [0.2, 0.25) is 0 Å². The number of benzene rings is 1. The predicted octanol–water partition coefficient (Wildman–Crippen LogP) is 7.05. The molecule has 0 bridgehead atoms. The average Bonchev–Trinajstić information content (AvgIpc) is 3.24. The molecule has 4 nitrogen and oxygen atoms in total. The minimum atomic E-state index is -0.0627. The summed E-state index contributed by atoms with van der Waals surface area (Å²) in [5, 5.41) is 4.27. The first-order valence-electron chi connectivity index (χ1n) is 12.2. The lowest BCUT2D eigenvalue weighted by Crippen LogP contribution is -2.25. The fourth-order valence-electron chi connectivity index (χ4n) is 4.66. The van der Waals surface area contributed by atoms with Gasteiger partial charge in [0.25, 0.3) is 0 Å². The standard InChI is InChI=1S/C26H39NO3/c1-3-5-7-9-20-11-13-22(14-12-20)26(28)29-23-17-15-21(16-18-23)25-19-24(30-27-25)10-8-6-4-2/h15-18,20,22,24H,3-14,19H2,1-2H3. The predicted molar refractivity (Wildman–Crippen MR) is 122 cm³/mol. The van der Waals surface area contributed by atoms with Crippen molar-refractivity contribution in [3.8, 4) is 5.75 Å². The molecule has 1 atom stereocenters. The molecule has 1 aliphatic heterocycles. The van der Waals surface area contributed by atoms with Gasteiger partial charge in [-0.05, 0) is 74.3 Å². The Labute approximate surface area is 182 Å². The number of rotatable bonds is 11. The van der Waals surface area contributed by atoms with Crippen LogP contribution in [-0.4, -0.2) is 17.8 Å². The molecule has 1 aromatic rings. The Morgan fingerprint density at radius 2 is 1.63 bits per heavy atom. The van der Waals surface area contributed by atoms with Crippen molar-refractivity contribution in [1.82, 2.24) is 0 Å². The molecule has 2 aliphatic rings. The third-order valence-electron chi connectivity index (χ3n) is 6.66. The van der Waals surface area contributed by atoms with Crippen LogP contribution in [-0.2, 0) is 9.63 Å². The van der Waals surface area contributed by atoms with Crippen molar-refractivity contribution in [2.75, 3.05) is 0 Å². The van der Waals surface area contributed by atoms with Gasteiger partial charge in [-0.25, -0.2) is 0 Å². The molecule has 0 saturated heterocycles. The molecule has 1 aliphatic carbocycles. The molecule has 1 heterocycles. The topological polar surface area (TPSA) is 47.9 Å². The summed E-state index contributed by atoms with van der Waals surface area (Å²) in [6.45, 7) is 4.46. The Morgan fingerprint density at radius 1 is 0.967 bits per heavy atom. The van der Waals surface area contributed by atoms with Crippen LogP contribution in [0.15, 0.2) is 29.4 Å². The summed E-state index contributed by atoms with van der Waals surface area (Å²) in [5.41, 5.74) is 2.05. The third kappa shape index (κ3) is 6.85. The van der Waals surface area contributed by atoms with E-state index in [-0.39, 0.29) is 18.0 Å². The van der Waals surface area contributed by atoms with Crippen molar-refractivity contribution in [1.29, 1.82) is 0 Å². The summed E-state index contributed by atoms with van der Waals surface area (Å²) in [6.07, 6.45) is 15.4. The maximum absolute atomic E-state index is 12.6. The summed E-state index contributed by atoms with van der Waals surface area (Å²) in [4.78, 5) is 18.2. The normalized spacial score (nSPS) is 23.7. The molecule has 0 spiro atoms. The first kappa shape index (κ1) is 22.8. The van der Waals surface area contributed by atoms with E-state index in [9.17, 15) is 4.79 Å². The van der Waals surface area contributed by atoms with Gasteiger partial charge in [0.15, 0.2) is 0 Å². The number of nitrogens with zero attached hydrogens (tertiary/aromatic N) is 1. The van der Waals surface area contributed by atoms with Gasteiger partial charge in [-0.15, -0.1) is 0 Å². The Balaban J connectivity index is 1.41. The highest BCUT2D eigenvalue weighted by Gasteiger charge is 2.27. The lowest BCUT2D eigenvalue weighted by Gasteiger charge is -2.27. The van der Waals surface area contributed by atoms with Crippen LogP contribution < -0.4 is 4.74 Å². The second kappa shape index (κ2) is 12.1. The first-order valence-corrected chi connectivity index (χ1v) is 12.2. The lowest BCUT2D eigenvalue weighted by atomic mass is 9.80. The molecule has 3 rings (SSSR count). The number of hydrogen-bond donors (Lipinski definition) is 0. The zero-order valence-electron chi connectivity index (χ0n) is 18.9. The van der Waals surface area contributed by atoms with Crippen LogP contribution in [0.1, 0.15) is 103 Å². The minimum absolute atomic E-state index is 0.0589. The molecule has 0 aromatic heterocycles. The Kier molecular flexibility index (Phi) is 9.23. The van der Waals surface area contributed by atoms with Crippen LogP contribution in [0.4, 0.5) is 0 Å². The number of ether oxygens (including phenoxy) is 1. The van der Waals surface area contributed by atoms with Crippen molar-refractivity contribution in [2.24, 2.45) is 17.0 Å². The molecule has 1 unspecified atom stereocenters. The minimum Gasteiger partial charge on any atom is -0.426 e. The Hall–Kier alpha value is -1.84. The SMILES string of the molecule is CCCCCC1CCC(C(=O)Oc2ccc(C3=NOC(CCCCC)C3)cc2)CC1. The summed E-state index contributed by atoms with van der Waals surface area (Å²) in [6, 6.07) is 7.75. The van der Waals surface area contributed by atoms with E-state index >= 15 is 0 Å². The van der Waals surface area contributed by atoms with Crippen molar-refractivity contribution in [3.05, 3.63) is 29.8 Å². The van der Waals surface area contributed by atoms with Gasteiger partial charge in [-0.1, -0.05) is 57.5 Å². The van der Waals surface area contributed by atoms with E-state index in [1.165, 1.54) is 57.8 Å². The Bertz CT molecular complexity index is 674. The first-order chi connectivity index (χ1) is 14.7. The molecule has 1 fully saturated rings. The van der Waals surface area contributed by atoms with Gasteiger partial charge in [-0.2, -0.15) is 0 Å². The lowest BCUT2D eigenvalue weighted by molar-refractivity contribution is -0.140. The molecule has 1 aromatic carbocycles. The van der Waals surface area contributed by atoms with Gasteiger partial charge in [0.05, 0.1) is 11.6 Å². The highest BCUT2D eigenvalue weighted by molar-refractivity contribution is 6.01. The maximum Gasteiger partial charge on any atom is 0.314 e. The van der Waals surface area contributed by atoms with E-state index in [0.29, 0.717) is 5.75 Å². The van der Waals surface area contributed by atoms with Crippen LogP contribution in [0, 0.1) is 11.8 Å². The molecular formula is C26H39NO3. The second-order valence-corrected chi connectivity index (χ2v) is 9.12. The zero-order chi connectivity index (χ0) is 21.2. The average molecular weight is 414 g/mol. The Morgan fingerprint density at radius 3 is 2.30 bits per heavy atom. The van der Waals surface area contributed by atoms with Gasteiger partial charge in [0.1, 0.15) is 11.9 Å². The van der Waals surface area contributed by atoms with Gasteiger partial charge in [0, 0.05) is 6.42 Å². The highest BCUT2D eigenvalue weighted by Crippen LogP contribution is 2.33. The molecule has 4 heteroatoms. The van der Waals surface area contributed by atoms with E-state index in [1.807, 2.05) is 24.3 Å². The summed E-state index contributed by atoms with van der Waals surface area (Å²) >= 11 is 0. The van der Waals surface area contributed by atoms with Gasteiger partial charge in [0.2, 0.25) is 0 Å². The van der Waals surface area contributed by atoms with Crippen LogP contribution >= 0.6 is 0 Å². The van der Waals surface area contributed by atoms with Crippen molar-refractivity contribution in [2.45, 2.75) is 103 Å². The molecule has 0 radical (unpaired) electrons. The summed E-state index contributed by atoms with van der Waals surface area (Å²) in [7, 11) is 0. The fourth-order valence-corrected chi connectivity index (χ4v) is 4.66. The van der Waals surface area contributed by atoms with E-state index in [4.69, 9.17) is 9.57 Å². The van der Waals surface area contributed by atoms with Crippen molar-refractivity contribution in [3.63, 3.8) is 0 Å². The number of oxime groups is 1. The number of carbonyl (C=O) groups is 1. The molecule has 30 heavy (non-hydrogen) atoms. The number of hydrogen-bond acceptors (Lipinski definition) is 4. The smallest absolute Gasteiger partial charge is 0.314 e. The van der Waals surface area contributed by atoms with Gasteiger partial charge >= 0.3 is 5.97 Å². The van der Waals surface area contributed by atoms with Crippen molar-refractivity contribution >= 4 is 11.7 Å². The molecular weight excluding hydrogens is 374 g/mol. The quantitative estimate of drug-likeness (QED) is 0.222. The molecule has 0 amide bonds. The summed E-state index contributed by atoms with van der Waals surface area (Å²) < 4.78 is 5.68. The number of carbonyl (C=O) groups excluding carboxylic acids is 1. The zero-order valence-corrected chi connectivity index (χ0v) is 18.9. The molecule has 0 N–H and O–H groups in total. The highest BCUT2D eigenvalue weighted by atomic mass is 16.6. The largest absolute Gasteiger partial charge is 0.426 e. The summed E-state index contributed by atoms with van der Waals surface area (Å²) in [5.74, 6) is 1.43. The van der Waals surface area contributed by atoms with Gasteiger partial charge in [-0.3, -0.25) is 4.79 Å². The fraction of sp³-hybridized carbons (Fsp3) is 0.692. The van der Waals surface area contributed by atoms with Crippen LogP contribution in [0.5, 0.6) is 5.75 Å². The van der Waals surface area contributed by atoms with E-state index in [2.05, 4.69) is 19.0 Å². The van der Waals surface area contributed by atoms with Crippen LogP contribution in [0.3, 0.4) is 0 Å². The number of esters is 1. The monoisotopic (exact) mass is 413 g/mol. The van der Waals surface area contributed by atoms with E-state index in [0.717, 1.165) is 42.9 Å². The van der Waals surface area contributed by atoms with E-state index < -0.39 is 0 Å². The van der Waals surface area contributed by atoms with Gasteiger partial charge < -0.3 is 9.57 Å². The third-order valence-corrected chi connectivity index (χ3v) is 6.66. The molecule has 1 saturated carbocycles. The maximum atomic E-state index is 12.6. The van der Waals surface area contributed by atoms with E-state index in [1.54, 1.807) is 0 Å². The number of unbranched alkanes of at least 4 members (excludes halogenated alkanes) is 4. The van der Waals surface area contributed by atoms with Crippen molar-refractivity contribution < 1.29 is 14.4 Å². The van der Waals surface area contributed by atoms with Crippen LogP contribution in [0.25, 0.3) is 0 Å². The molecule has 166 valence electrons. The second-order valence-electron chi connectivity index (χ2n) is 9.12.